The molecule has 3 aromatic rings. The molecule has 0 atom stereocenters. The molecule has 3 saturated heterocycles. The Labute approximate surface area is 265 Å². The minimum atomic E-state index is -2.22. The monoisotopic (exact) mass is 626 g/mol. The van der Waals surface area contributed by atoms with Crippen molar-refractivity contribution in [2.75, 3.05) is 36.0 Å². The predicted octanol–water partition coefficient (Wildman–Crippen LogP) is 6.24. The van der Waals surface area contributed by atoms with Crippen molar-refractivity contribution >= 4 is 53.4 Å². The third-order valence-corrected chi connectivity index (χ3v) is 16.1. The van der Waals surface area contributed by atoms with Gasteiger partial charge in [0, 0.05) is 54.2 Å². The second-order valence-corrected chi connectivity index (χ2v) is 18.9. The number of rotatable bonds is 3. The average molecular weight is 627 g/mol. The first-order valence-corrected chi connectivity index (χ1v) is 19.0. The molecule has 6 nitrogen and oxygen atoms in total. The minimum absolute atomic E-state index is 0.197. The van der Waals surface area contributed by atoms with E-state index in [2.05, 4.69) is 46.2 Å². The van der Waals surface area contributed by atoms with E-state index in [0.717, 1.165) is 37.3 Å². The van der Waals surface area contributed by atoms with Gasteiger partial charge in [0.25, 0.3) is 0 Å². The number of fused-ring (bicyclic) bond motifs is 8. The molecule has 0 N–H and O–H groups in total. The summed E-state index contributed by atoms with van der Waals surface area (Å²) in [7, 11) is -2.22. The van der Waals surface area contributed by atoms with Gasteiger partial charge in [0.15, 0.2) is 5.60 Å². The lowest BCUT2D eigenvalue weighted by Crippen LogP contribution is -2.67. The van der Waals surface area contributed by atoms with Crippen molar-refractivity contribution in [3.63, 3.8) is 0 Å². The predicted molar refractivity (Wildman–Crippen MR) is 177 cm³/mol. The van der Waals surface area contributed by atoms with Gasteiger partial charge in [-0.25, -0.2) is 9.59 Å². The quantitative estimate of drug-likeness (QED) is 0.254. The first kappa shape index (κ1) is 28.2. The Morgan fingerprint density at radius 1 is 0.818 bits per heavy atom. The molecule has 0 aliphatic carbocycles. The molecule has 5 aliphatic heterocycles. The number of ether oxygens (including phenoxy) is 2. The maximum Gasteiger partial charge on any atom is 0.340 e. The average Bonchev–Trinajstić information content (AvgIpc) is 3.21. The molecule has 44 heavy (non-hydrogen) atoms. The maximum absolute atomic E-state index is 13.8. The Hall–Kier alpha value is -3.29. The summed E-state index contributed by atoms with van der Waals surface area (Å²) in [6, 6.07) is 19.5. The molecule has 0 unspecified atom stereocenters. The van der Waals surface area contributed by atoms with Crippen LogP contribution in [-0.2, 0) is 15.1 Å². The maximum atomic E-state index is 13.8. The molecule has 8 heteroatoms. The highest BCUT2D eigenvalue weighted by atomic mass is 35.5. The second-order valence-electron chi connectivity index (χ2n) is 14.2. The third-order valence-electron chi connectivity index (χ3n) is 10.5. The topological polar surface area (TPSA) is 59.1 Å². The molecule has 2 spiro atoms. The SMILES string of the molecule is CC(C)(C)OC(=O)c1cc2c(cc1Cl)C(=O)OC21c2ccc(N3CCC3)cc2[Si]2(CCCCC2)c2cc(N3CCC3)ccc21. The van der Waals surface area contributed by atoms with E-state index in [1.54, 1.807) is 12.1 Å². The van der Waals surface area contributed by atoms with Crippen molar-refractivity contribution in [3.05, 3.63) is 81.4 Å². The molecule has 0 aromatic heterocycles. The lowest BCUT2D eigenvalue weighted by Gasteiger charge is -2.49. The van der Waals surface area contributed by atoms with Crippen LogP contribution in [0, 0.1) is 0 Å². The van der Waals surface area contributed by atoms with Gasteiger partial charge >= 0.3 is 11.9 Å². The molecule has 5 heterocycles. The molecule has 0 radical (unpaired) electrons. The van der Waals surface area contributed by atoms with Gasteiger partial charge in [0.1, 0.15) is 13.7 Å². The van der Waals surface area contributed by atoms with Crippen molar-refractivity contribution in [1.82, 2.24) is 0 Å². The zero-order chi connectivity index (χ0) is 30.4. The molecule has 0 amide bonds. The Balaban J connectivity index is 1.41. The summed E-state index contributed by atoms with van der Waals surface area (Å²) in [5.74, 6) is -0.912. The van der Waals surface area contributed by atoms with E-state index < -0.39 is 31.2 Å². The van der Waals surface area contributed by atoms with Gasteiger partial charge in [-0.15, -0.1) is 0 Å². The number of esters is 2. The Morgan fingerprint density at radius 3 is 1.89 bits per heavy atom. The minimum Gasteiger partial charge on any atom is -0.456 e. The zero-order valence-electron chi connectivity index (χ0n) is 25.8. The van der Waals surface area contributed by atoms with Crippen molar-refractivity contribution in [2.24, 2.45) is 0 Å². The van der Waals surface area contributed by atoms with Crippen LogP contribution < -0.4 is 20.2 Å². The first-order valence-electron chi connectivity index (χ1n) is 16.2. The van der Waals surface area contributed by atoms with Crippen LogP contribution in [0.3, 0.4) is 0 Å². The number of benzene rings is 3. The van der Waals surface area contributed by atoms with Gasteiger partial charge < -0.3 is 19.3 Å². The highest BCUT2D eigenvalue weighted by Crippen LogP contribution is 2.52. The van der Waals surface area contributed by atoms with E-state index >= 15 is 0 Å². The molecule has 0 bridgehead atoms. The highest BCUT2D eigenvalue weighted by Gasteiger charge is 2.59. The molecular formula is C36H39ClN2O4Si. The summed E-state index contributed by atoms with van der Waals surface area (Å²) in [5, 5.41) is 2.98. The van der Waals surface area contributed by atoms with Crippen LogP contribution >= 0.6 is 11.6 Å². The van der Waals surface area contributed by atoms with Crippen LogP contribution in [0.4, 0.5) is 11.4 Å². The van der Waals surface area contributed by atoms with Gasteiger partial charge in [0.2, 0.25) is 0 Å². The summed E-state index contributed by atoms with van der Waals surface area (Å²) in [6.07, 6.45) is 6.12. The first-order chi connectivity index (χ1) is 21.1. The van der Waals surface area contributed by atoms with Crippen molar-refractivity contribution in [1.29, 1.82) is 0 Å². The summed E-state index contributed by atoms with van der Waals surface area (Å²) in [4.78, 5) is 32.2. The Morgan fingerprint density at radius 2 is 1.39 bits per heavy atom. The standard InChI is InChI=1S/C36H39ClN2O4Si/c1-35(2,3)42-34(41)26-21-29-25(22-30(26)37)33(40)43-36(29)27-11-9-23(38-13-7-14-38)19-31(27)44(17-5-4-6-18-44)32-20-24(10-12-28(32)36)39-15-8-16-39/h9-12,19-22H,4-8,13-18H2,1-3H3. The van der Waals surface area contributed by atoms with Gasteiger partial charge in [-0.3, -0.25) is 0 Å². The van der Waals surface area contributed by atoms with E-state index in [1.807, 2.05) is 20.8 Å². The second kappa shape index (κ2) is 9.85. The number of nitrogens with zero attached hydrogens (tertiary/aromatic N) is 2. The van der Waals surface area contributed by atoms with E-state index in [1.165, 1.54) is 65.9 Å². The van der Waals surface area contributed by atoms with Crippen LogP contribution in [0.5, 0.6) is 0 Å². The largest absolute Gasteiger partial charge is 0.456 e. The normalized spacial score (nSPS) is 20.8. The smallest absolute Gasteiger partial charge is 0.340 e. The highest BCUT2D eigenvalue weighted by molar-refractivity contribution is 7.03. The molecular weight excluding hydrogens is 588 g/mol. The van der Waals surface area contributed by atoms with Gasteiger partial charge in [0.05, 0.1) is 16.1 Å². The van der Waals surface area contributed by atoms with Crippen LogP contribution in [0.2, 0.25) is 17.1 Å². The van der Waals surface area contributed by atoms with Crippen LogP contribution in [0.1, 0.15) is 90.3 Å². The van der Waals surface area contributed by atoms with Gasteiger partial charge in [-0.2, -0.15) is 0 Å². The van der Waals surface area contributed by atoms with E-state index in [9.17, 15) is 9.59 Å². The number of carbonyl (C=O) groups excluding carboxylic acids is 2. The number of hydrogen-bond acceptors (Lipinski definition) is 6. The van der Waals surface area contributed by atoms with Crippen molar-refractivity contribution in [2.45, 2.75) is 76.2 Å². The number of halogens is 1. The summed E-state index contributed by atoms with van der Waals surface area (Å²) in [5.41, 5.74) is 4.16. The van der Waals surface area contributed by atoms with E-state index in [-0.39, 0.29) is 10.6 Å². The molecule has 3 aromatic carbocycles. The van der Waals surface area contributed by atoms with Gasteiger partial charge in [-0.1, -0.05) is 43.0 Å². The Bertz CT molecular complexity index is 1650. The zero-order valence-corrected chi connectivity index (χ0v) is 27.6. The lowest BCUT2D eigenvalue weighted by molar-refractivity contribution is 0.00694. The van der Waals surface area contributed by atoms with Crippen LogP contribution in [-0.4, -0.2) is 51.8 Å². The van der Waals surface area contributed by atoms with Crippen LogP contribution in [0.25, 0.3) is 0 Å². The number of anilines is 2. The fraction of sp³-hybridized carbons (Fsp3) is 0.444. The molecule has 8 rings (SSSR count). The summed E-state index contributed by atoms with van der Waals surface area (Å²) >= 11 is 6.68. The molecule has 3 fully saturated rings. The Kier molecular flexibility index (Phi) is 6.31. The molecule has 0 saturated carbocycles. The van der Waals surface area contributed by atoms with Crippen molar-refractivity contribution in [3.8, 4) is 0 Å². The molecule has 228 valence electrons. The fourth-order valence-electron chi connectivity index (χ4n) is 8.17. The van der Waals surface area contributed by atoms with E-state index in [0.29, 0.717) is 11.1 Å². The number of hydrogen-bond donors (Lipinski definition) is 0. The van der Waals surface area contributed by atoms with Gasteiger partial charge in [-0.05, 0) is 92.5 Å². The number of carbonyl (C=O) groups is 2. The molecule has 5 aliphatic rings. The van der Waals surface area contributed by atoms with Crippen molar-refractivity contribution < 1.29 is 19.1 Å². The fourth-order valence-corrected chi connectivity index (χ4v) is 14.1. The van der Waals surface area contributed by atoms with E-state index in [4.69, 9.17) is 21.1 Å². The third kappa shape index (κ3) is 4.04. The summed E-state index contributed by atoms with van der Waals surface area (Å²) < 4.78 is 12.4. The summed E-state index contributed by atoms with van der Waals surface area (Å²) in [6.45, 7) is 9.82. The lowest BCUT2D eigenvalue weighted by atomic mass is 9.78. The van der Waals surface area contributed by atoms with Crippen LogP contribution in [0.15, 0.2) is 48.5 Å².